The Morgan fingerprint density at radius 2 is 2.15 bits per heavy atom. The molecule has 0 aliphatic heterocycles. The third-order valence-corrected chi connectivity index (χ3v) is 5.22. The summed E-state index contributed by atoms with van der Waals surface area (Å²) in [4.78, 5) is 15.7. The minimum Gasteiger partial charge on any atom is -0.497 e. The van der Waals surface area contributed by atoms with Gasteiger partial charge in [-0.2, -0.15) is 0 Å². The highest BCUT2D eigenvalue weighted by Crippen LogP contribution is 2.25. The van der Waals surface area contributed by atoms with Gasteiger partial charge in [0.1, 0.15) is 5.75 Å². The van der Waals surface area contributed by atoms with E-state index in [9.17, 15) is 4.79 Å². The summed E-state index contributed by atoms with van der Waals surface area (Å²) in [6.07, 6.45) is 0.179. The van der Waals surface area contributed by atoms with Gasteiger partial charge in [0.05, 0.1) is 25.3 Å². The lowest BCUT2D eigenvalue weighted by Crippen LogP contribution is -2.34. The van der Waals surface area contributed by atoms with E-state index in [2.05, 4.69) is 21.4 Å². The van der Waals surface area contributed by atoms with E-state index in [4.69, 9.17) is 9.26 Å². The Kier molecular flexibility index (Phi) is 6.26. The van der Waals surface area contributed by atoms with Gasteiger partial charge in [0.15, 0.2) is 5.76 Å². The molecule has 2 aromatic heterocycles. The molecule has 3 aromatic rings. The number of aromatic nitrogens is 1. The number of ether oxygens (including phenoxy) is 1. The first kappa shape index (κ1) is 19.1. The fourth-order valence-corrected chi connectivity index (χ4v) is 3.69. The average molecular weight is 385 g/mol. The number of thiophene rings is 1. The molecular formula is C20H23N3O3S. The molecule has 1 aromatic carbocycles. The lowest BCUT2D eigenvalue weighted by Gasteiger charge is -2.23. The summed E-state index contributed by atoms with van der Waals surface area (Å²) < 4.78 is 10.6. The molecule has 1 unspecified atom stereocenters. The number of nitrogens with zero attached hydrogens (tertiary/aromatic N) is 2. The van der Waals surface area contributed by atoms with E-state index >= 15 is 0 Å². The summed E-state index contributed by atoms with van der Waals surface area (Å²) in [5.74, 6) is 1.27. The van der Waals surface area contributed by atoms with Crippen molar-refractivity contribution < 1.29 is 14.1 Å². The van der Waals surface area contributed by atoms with Crippen LogP contribution in [0.1, 0.15) is 16.6 Å². The van der Waals surface area contributed by atoms with Crippen molar-refractivity contribution in [2.24, 2.45) is 0 Å². The molecule has 2 heterocycles. The van der Waals surface area contributed by atoms with Crippen LogP contribution in [0, 0.1) is 0 Å². The topological polar surface area (TPSA) is 67.6 Å². The second-order valence-electron chi connectivity index (χ2n) is 6.39. The first-order valence-electron chi connectivity index (χ1n) is 8.63. The highest BCUT2D eigenvalue weighted by molar-refractivity contribution is 7.10. The number of carbonyl (C=O) groups excluding carboxylic acids is 1. The van der Waals surface area contributed by atoms with E-state index in [1.807, 2.05) is 49.8 Å². The van der Waals surface area contributed by atoms with Gasteiger partial charge in [-0.15, -0.1) is 11.3 Å². The predicted molar refractivity (Wildman–Crippen MR) is 106 cm³/mol. The van der Waals surface area contributed by atoms with Crippen LogP contribution in [-0.2, 0) is 11.2 Å². The summed E-state index contributed by atoms with van der Waals surface area (Å²) in [6.45, 7) is 0.549. The molecule has 27 heavy (non-hydrogen) atoms. The van der Waals surface area contributed by atoms with Crippen LogP contribution in [-0.4, -0.2) is 43.7 Å². The van der Waals surface area contributed by atoms with Crippen LogP contribution in [0.2, 0.25) is 0 Å². The third-order valence-electron chi connectivity index (χ3n) is 4.24. The Bertz CT molecular complexity index is 874. The third kappa shape index (κ3) is 4.96. The number of hydrogen-bond acceptors (Lipinski definition) is 6. The fourth-order valence-electron chi connectivity index (χ4n) is 2.76. The number of carbonyl (C=O) groups is 1. The van der Waals surface area contributed by atoms with Crippen molar-refractivity contribution in [2.45, 2.75) is 12.5 Å². The number of benzene rings is 1. The van der Waals surface area contributed by atoms with Crippen molar-refractivity contribution in [2.75, 3.05) is 27.7 Å². The minimum absolute atomic E-state index is 0.0797. The van der Waals surface area contributed by atoms with Crippen LogP contribution in [0.4, 0.5) is 0 Å². The van der Waals surface area contributed by atoms with Crippen LogP contribution >= 0.6 is 11.3 Å². The summed E-state index contributed by atoms with van der Waals surface area (Å²) >= 11 is 1.69. The number of rotatable bonds is 8. The Labute approximate surface area is 162 Å². The predicted octanol–water partition coefficient (Wildman–Crippen LogP) is 3.37. The maximum absolute atomic E-state index is 12.3. The Balaban J connectivity index is 1.59. The van der Waals surface area contributed by atoms with Crippen LogP contribution in [0.25, 0.3) is 11.3 Å². The zero-order valence-corrected chi connectivity index (χ0v) is 16.5. The lowest BCUT2D eigenvalue weighted by molar-refractivity contribution is -0.120. The smallest absolute Gasteiger partial charge is 0.226 e. The van der Waals surface area contributed by atoms with Crippen molar-refractivity contribution in [1.82, 2.24) is 15.4 Å². The zero-order valence-electron chi connectivity index (χ0n) is 15.6. The van der Waals surface area contributed by atoms with Gasteiger partial charge in [-0.25, -0.2) is 0 Å². The fraction of sp³-hybridized carbons (Fsp3) is 0.300. The number of likely N-dealkylation sites (N-methyl/N-ethyl adjacent to an activating group) is 1. The average Bonchev–Trinajstić information content (AvgIpc) is 3.34. The van der Waals surface area contributed by atoms with Gasteiger partial charge < -0.3 is 19.5 Å². The minimum atomic E-state index is -0.0797. The second kappa shape index (κ2) is 8.83. The summed E-state index contributed by atoms with van der Waals surface area (Å²) in [5.41, 5.74) is 1.46. The Morgan fingerprint density at radius 1 is 1.30 bits per heavy atom. The maximum atomic E-state index is 12.3. The number of methoxy groups -OCH3 is 1. The van der Waals surface area contributed by atoms with Gasteiger partial charge in [-0.3, -0.25) is 4.79 Å². The van der Waals surface area contributed by atoms with Gasteiger partial charge in [-0.05, 0) is 37.7 Å². The molecule has 0 aliphatic rings. The van der Waals surface area contributed by atoms with Crippen molar-refractivity contribution in [1.29, 1.82) is 0 Å². The molecule has 0 fully saturated rings. The summed E-state index contributed by atoms with van der Waals surface area (Å²) in [6, 6.07) is 13.6. The molecular weight excluding hydrogens is 362 g/mol. The van der Waals surface area contributed by atoms with Gasteiger partial charge in [0.2, 0.25) is 5.91 Å². The lowest BCUT2D eigenvalue weighted by atomic mass is 10.1. The normalized spacial score (nSPS) is 12.1. The molecule has 0 saturated heterocycles. The van der Waals surface area contributed by atoms with Crippen molar-refractivity contribution >= 4 is 17.2 Å². The van der Waals surface area contributed by atoms with Crippen LogP contribution in [0.5, 0.6) is 5.75 Å². The van der Waals surface area contributed by atoms with Crippen molar-refractivity contribution in [3.63, 3.8) is 0 Å². The number of hydrogen-bond donors (Lipinski definition) is 1. The van der Waals surface area contributed by atoms with E-state index in [0.717, 1.165) is 11.3 Å². The van der Waals surface area contributed by atoms with E-state index in [1.165, 1.54) is 4.88 Å². The van der Waals surface area contributed by atoms with Gasteiger partial charge >= 0.3 is 0 Å². The number of nitrogens with one attached hydrogen (secondary N) is 1. The molecule has 0 bridgehead atoms. The summed E-state index contributed by atoms with van der Waals surface area (Å²) in [7, 11) is 5.63. The summed E-state index contributed by atoms with van der Waals surface area (Å²) in [5, 5.41) is 9.05. The molecule has 6 nitrogen and oxygen atoms in total. The van der Waals surface area contributed by atoms with E-state index in [1.54, 1.807) is 24.5 Å². The van der Waals surface area contributed by atoms with Crippen molar-refractivity contribution in [3.05, 3.63) is 58.4 Å². The Hall–Kier alpha value is -2.64. The molecule has 0 spiro atoms. The quantitative estimate of drug-likeness (QED) is 0.644. The molecule has 142 valence electrons. The number of amides is 1. The van der Waals surface area contributed by atoms with Crippen molar-refractivity contribution in [3.8, 4) is 17.1 Å². The van der Waals surface area contributed by atoms with Crippen LogP contribution in [0.3, 0.4) is 0 Å². The molecule has 1 amide bonds. The molecule has 0 radical (unpaired) electrons. The molecule has 1 atom stereocenters. The molecule has 0 aliphatic carbocycles. The van der Waals surface area contributed by atoms with E-state index in [0.29, 0.717) is 18.0 Å². The Morgan fingerprint density at radius 3 is 2.85 bits per heavy atom. The SMILES string of the molecule is COc1cccc(-c2cc(CC(=O)NCC(c3cccs3)N(C)C)no2)c1. The zero-order chi connectivity index (χ0) is 19.2. The van der Waals surface area contributed by atoms with E-state index < -0.39 is 0 Å². The molecule has 3 rings (SSSR count). The van der Waals surface area contributed by atoms with Gasteiger partial charge in [0.25, 0.3) is 0 Å². The highest BCUT2D eigenvalue weighted by atomic mass is 32.1. The van der Waals surface area contributed by atoms with Crippen LogP contribution in [0.15, 0.2) is 52.4 Å². The molecule has 7 heteroatoms. The van der Waals surface area contributed by atoms with Gasteiger partial charge in [0, 0.05) is 23.1 Å². The maximum Gasteiger partial charge on any atom is 0.226 e. The molecule has 0 saturated carbocycles. The second-order valence-corrected chi connectivity index (χ2v) is 7.37. The molecule has 1 N–H and O–H groups in total. The standard InChI is InChI=1S/C20H23N3O3S/c1-23(2)17(19-8-5-9-27-19)13-21-20(24)12-15-11-18(26-22-15)14-6-4-7-16(10-14)25-3/h4-11,17H,12-13H2,1-3H3,(H,21,24). The van der Waals surface area contributed by atoms with E-state index in [-0.39, 0.29) is 18.4 Å². The monoisotopic (exact) mass is 385 g/mol. The first-order valence-corrected chi connectivity index (χ1v) is 9.51. The van der Waals surface area contributed by atoms with Gasteiger partial charge in [-0.1, -0.05) is 23.4 Å². The largest absolute Gasteiger partial charge is 0.497 e. The van der Waals surface area contributed by atoms with Crippen LogP contribution < -0.4 is 10.1 Å². The highest BCUT2D eigenvalue weighted by Gasteiger charge is 2.17. The first-order chi connectivity index (χ1) is 13.1.